The minimum Gasteiger partial charge on any atom is -0.463 e. The second kappa shape index (κ2) is 33.4. The molecule has 0 radical (unpaired) electrons. The molecule has 0 aliphatic rings. The van der Waals surface area contributed by atoms with E-state index in [0.29, 0.717) is 19.3 Å². The molecule has 1 unspecified atom stereocenters. The Labute approximate surface area is 277 Å². The molecule has 0 fully saturated rings. The first-order chi connectivity index (χ1) is 21.8. The predicted molar refractivity (Wildman–Crippen MR) is 188 cm³/mol. The number of ether oxygens (including phenoxy) is 2. The normalized spacial score (nSPS) is 13.4. The van der Waals surface area contributed by atoms with E-state index in [1.54, 1.807) is 0 Å². The number of carbonyl (C=O) groups excluding carboxylic acids is 2. The van der Waals surface area contributed by atoms with E-state index >= 15 is 0 Å². The largest absolute Gasteiger partial charge is 0.463 e. The van der Waals surface area contributed by atoms with Gasteiger partial charge in [0.2, 0.25) is 0 Å². The summed E-state index contributed by atoms with van der Waals surface area (Å²) in [6, 6.07) is 0. The van der Waals surface area contributed by atoms with Gasteiger partial charge in [0.1, 0.15) is 19.3 Å². The zero-order chi connectivity index (χ0) is 33.2. The smallest absolute Gasteiger partial charge is 0.305 e. The maximum atomic E-state index is 11.9. The Bertz CT molecular complexity index is 757. The van der Waals surface area contributed by atoms with Gasteiger partial charge in [0.25, 0.3) is 0 Å². The number of hydrogen-bond donors (Lipinski definition) is 2. The van der Waals surface area contributed by atoms with Gasteiger partial charge >= 0.3 is 11.9 Å². The van der Waals surface area contributed by atoms with Crippen molar-refractivity contribution in [1.82, 2.24) is 0 Å². The zero-order valence-corrected chi connectivity index (χ0v) is 29.4. The maximum absolute atomic E-state index is 11.9. The molecular weight excluding hydrogens is 564 g/mol. The molecule has 6 heteroatoms. The number of aliphatic hydroxyl groups excluding tert-OH is 2. The molecule has 0 aromatic carbocycles. The fourth-order valence-electron chi connectivity index (χ4n) is 5.07. The Morgan fingerprint density at radius 2 is 1.07 bits per heavy atom. The van der Waals surface area contributed by atoms with Crippen LogP contribution in [0.1, 0.15) is 168 Å². The molecule has 0 amide bonds. The number of allylic oxidation sites excluding steroid dienone is 4. The molecule has 0 aliphatic carbocycles. The van der Waals surface area contributed by atoms with Crippen LogP contribution in [0.25, 0.3) is 0 Å². The lowest BCUT2D eigenvalue weighted by molar-refractivity contribution is -0.152. The van der Waals surface area contributed by atoms with Crippen LogP contribution in [0.3, 0.4) is 0 Å². The summed E-state index contributed by atoms with van der Waals surface area (Å²) in [4.78, 5) is 23.9. The van der Waals surface area contributed by atoms with Crippen molar-refractivity contribution in [3.63, 3.8) is 0 Å². The molecule has 0 saturated carbocycles. The highest BCUT2D eigenvalue weighted by Gasteiger charge is 2.12. The van der Waals surface area contributed by atoms with Gasteiger partial charge in [-0.1, -0.05) is 154 Å². The Kier molecular flexibility index (Phi) is 32.0. The number of carbonyl (C=O) groups is 2. The molecule has 0 aliphatic heterocycles. The van der Waals surface area contributed by atoms with Gasteiger partial charge in [-0.05, 0) is 44.4 Å². The fourth-order valence-corrected chi connectivity index (χ4v) is 5.07. The zero-order valence-electron chi connectivity index (χ0n) is 29.4. The van der Waals surface area contributed by atoms with Crippen LogP contribution in [0.15, 0.2) is 36.5 Å². The summed E-state index contributed by atoms with van der Waals surface area (Å²) in [5.41, 5.74) is 0. The highest BCUT2D eigenvalue weighted by Crippen LogP contribution is 2.15. The highest BCUT2D eigenvalue weighted by molar-refractivity contribution is 5.69. The third-order valence-corrected chi connectivity index (χ3v) is 7.90. The lowest BCUT2D eigenvalue weighted by Gasteiger charge is -2.12. The second-order valence-electron chi connectivity index (χ2n) is 13.0. The highest BCUT2D eigenvalue weighted by atomic mass is 16.6. The molecule has 262 valence electrons. The van der Waals surface area contributed by atoms with E-state index in [4.69, 9.17) is 9.47 Å². The molecule has 0 rings (SSSR count). The molecule has 0 spiro atoms. The molecule has 0 saturated heterocycles. The van der Waals surface area contributed by atoms with Crippen molar-refractivity contribution in [3.8, 4) is 0 Å². The first-order valence-corrected chi connectivity index (χ1v) is 18.5. The van der Waals surface area contributed by atoms with Crippen LogP contribution in [0.5, 0.6) is 0 Å². The summed E-state index contributed by atoms with van der Waals surface area (Å²) in [6.07, 6.45) is 35.3. The van der Waals surface area contributed by atoms with Crippen molar-refractivity contribution in [2.75, 3.05) is 13.2 Å². The predicted octanol–water partition coefficient (Wildman–Crippen LogP) is 10.1. The van der Waals surface area contributed by atoms with Crippen molar-refractivity contribution in [2.45, 2.75) is 181 Å². The monoisotopic (exact) mass is 635 g/mol. The summed E-state index contributed by atoms with van der Waals surface area (Å²) in [6.45, 7) is 6.41. The van der Waals surface area contributed by atoms with Crippen LogP contribution in [0, 0.1) is 5.92 Å². The third kappa shape index (κ3) is 34.8. The maximum Gasteiger partial charge on any atom is 0.305 e. The molecule has 45 heavy (non-hydrogen) atoms. The number of rotatable bonds is 32. The Morgan fingerprint density at radius 3 is 1.56 bits per heavy atom. The van der Waals surface area contributed by atoms with Crippen LogP contribution in [-0.2, 0) is 19.1 Å². The van der Waals surface area contributed by atoms with E-state index < -0.39 is 12.2 Å². The molecular formula is C39H70O6. The van der Waals surface area contributed by atoms with E-state index in [1.807, 2.05) is 24.3 Å². The van der Waals surface area contributed by atoms with Gasteiger partial charge in [0.05, 0.1) is 6.10 Å². The Hall–Kier alpha value is -1.92. The van der Waals surface area contributed by atoms with Gasteiger partial charge in [-0.25, -0.2) is 0 Å². The topological polar surface area (TPSA) is 93.1 Å². The quantitative estimate of drug-likeness (QED) is 0.0331. The third-order valence-electron chi connectivity index (χ3n) is 7.90. The number of hydrogen-bond acceptors (Lipinski definition) is 6. The van der Waals surface area contributed by atoms with Gasteiger partial charge in [0.15, 0.2) is 0 Å². The van der Waals surface area contributed by atoms with E-state index in [1.165, 1.54) is 64.2 Å². The minimum atomic E-state index is -0.984. The van der Waals surface area contributed by atoms with E-state index in [0.717, 1.165) is 70.1 Å². The van der Waals surface area contributed by atoms with E-state index in [9.17, 15) is 19.8 Å². The number of esters is 2. The average molecular weight is 635 g/mol. The molecule has 2 N–H and O–H groups in total. The van der Waals surface area contributed by atoms with Crippen molar-refractivity contribution in [2.24, 2.45) is 5.92 Å². The number of unbranched alkanes of at least 4 members (excludes halogenated alkanes) is 16. The summed E-state index contributed by atoms with van der Waals surface area (Å²) < 4.78 is 10.3. The minimum absolute atomic E-state index is 0.134. The SMILES string of the molecule is CC/C=C/CC(O)/C=C/C=C/CCCCCCCC(=O)OC[C@@H](O)COC(=O)CCCCCCCCCCCCCCC(C)C. The van der Waals surface area contributed by atoms with Crippen LogP contribution in [0.2, 0.25) is 0 Å². The van der Waals surface area contributed by atoms with Gasteiger partial charge in [0, 0.05) is 12.8 Å². The molecule has 0 aromatic rings. The van der Waals surface area contributed by atoms with Crippen LogP contribution >= 0.6 is 0 Å². The van der Waals surface area contributed by atoms with Gasteiger partial charge < -0.3 is 19.7 Å². The summed E-state index contributed by atoms with van der Waals surface area (Å²) in [5, 5.41) is 19.8. The van der Waals surface area contributed by atoms with Gasteiger partial charge in [-0.2, -0.15) is 0 Å². The molecule has 0 bridgehead atoms. The second-order valence-corrected chi connectivity index (χ2v) is 13.0. The summed E-state index contributed by atoms with van der Waals surface area (Å²) in [5.74, 6) is 0.220. The van der Waals surface area contributed by atoms with E-state index in [2.05, 4.69) is 32.9 Å². The standard InChI is InChI=1S/C39H70O6/c1-4-5-23-29-36(40)30-25-20-16-12-10-14-18-22-27-32-39(43)45-34-37(41)33-44-38(42)31-26-21-17-13-9-7-6-8-11-15-19-24-28-35(2)3/h5,16,20,23,25,30,35-37,40-41H,4,6-15,17-19,21-22,24,26-29,31-34H2,1-3H3/b20-16+,23-5+,30-25+/t36?,37-/m0/s1. The first-order valence-electron chi connectivity index (χ1n) is 18.5. The average Bonchev–Trinajstić information content (AvgIpc) is 3.01. The van der Waals surface area contributed by atoms with Crippen molar-refractivity contribution < 1.29 is 29.3 Å². The Morgan fingerprint density at radius 1 is 0.600 bits per heavy atom. The molecule has 0 heterocycles. The van der Waals surface area contributed by atoms with Crippen molar-refractivity contribution >= 4 is 11.9 Å². The van der Waals surface area contributed by atoms with Crippen LogP contribution in [-0.4, -0.2) is 47.6 Å². The molecule has 6 nitrogen and oxygen atoms in total. The fraction of sp³-hybridized carbons (Fsp3) is 0.795. The summed E-state index contributed by atoms with van der Waals surface area (Å²) in [7, 11) is 0. The molecule has 2 atom stereocenters. The van der Waals surface area contributed by atoms with Gasteiger partial charge in [-0.15, -0.1) is 0 Å². The lowest BCUT2D eigenvalue weighted by atomic mass is 10.0. The Balaban J connectivity index is 3.51. The van der Waals surface area contributed by atoms with E-state index in [-0.39, 0.29) is 25.2 Å². The van der Waals surface area contributed by atoms with Gasteiger partial charge in [-0.3, -0.25) is 9.59 Å². The first kappa shape index (κ1) is 43.1. The van der Waals surface area contributed by atoms with Crippen molar-refractivity contribution in [1.29, 1.82) is 0 Å². The molecule has 0 aromatic heterocycles. The summed E-state index contributed by atoms with van der Waals surface area (Å²) >= 11 is 0. The van der Waals surface area contributed by atoms with Crippen LogP contribution in [0.4, 0.5) is 0 Å². The van der Waals surface area contributed by atoms with Crippen LogP contribution < -0.4 is 0 Å². The number of aliphatic hydroxyl groups is 2. The van der Waals surface area contributed by atoms with Crippen molar-refractivity contribution in [3.05, 3.63) is 36.5 Å². The lowest BCUT2D eigenvalue weighted by Crippen LogP contribution is -2.25.